The average Bonchev–Trinajstić information content (AvgIpc) is 2.18. The molecule has 0 saturated heterocycles. The Hall–Kier alpha value is -1.84. The van der Waals surface area contributed by atoms with E-state index in [-0.39, 0.29) is 11.3 Å². The van der Waals surface area contributed by atoms with Crippen LogP contribution in [0.4, 0.5) is 8.78 Å². The fraction of sp³-hybridized carbons (Fsp3) is 0. The molecule has 0 atom stereocenters. The highest BCUT2D eigenvalue weighted by atomic mass is 19.1. The predicted molar refractivity (Wildman–Crippen MR) is 47.4 cm³/mol. The molecule has 0 aliphatic heterocycles. The minimum Gasteiger partial charge on any atom is -0.228 e. The monoisotopic (exact) mass is 192 g/mol. The lowest BCUT2D eigenvalue weighted by Crippen LogP contribution is -1.91. The summed E-state index contributed by atoms with van der Waals surface area (Å²) in [5.41, 5.74) is 0.447. The van der Waals surface area contributed by atoms with Crippen molar-refractivity contribution in [3.05, 3.63) is 48.4 Å². The molecular weight excluding hydrogens is 186 g/mol. The zero-order chi connectivity index (χ0) is 9.97. The number of nitrogens with zero attached hydrogens (tertiary/aromatic N) is 2. The van der Waals surface area contributed by atoms with Gasteiger partial charge in [-0.3, -0.25) is 0 Å². The quantitative estimate of drug-likeness (QED) is 0.648. The van der Waals surface area contributed by atoms with Gasteiger partial charge in [0.1, 0.15) is 0 Å². The minimum atomic E-state index is -0.648. The lowest BCUT2D eigenvalue weighted by atomic mass is 10.2. The molecule has 0 unspecified atom stereocenters. The molecule has 2 rings (SSSR count). The molecular formula is C10H6F2N2. The van der Waals surface area contributed by atoms with Crippen molar-refractivity contribution in [3.63, 3.8) is 0 Å². The van der Waals surface area contributed by atoms with Crippen molar-refractivity contribution in [2.24, 2.45) is 0 Å². The van der Waals surface area contributed by atoms with E-state index in [1.165, 1.54) is 30.5 Å². The number of pyridine rings is 2. The molecule has 2 aromatic rings. The summed E-state index contributed by atoms with van der Waals surface area (Å²) in [6.45, 7) is 0. The first-order chi connectivity index (χ1) is 6.77. The minimum absolute atomic E-state index is 0.201. The fourth-order valence-corrected chi connectivity index (χ4v) is 1.14. The van der Waals surface area contributed by atoms with Gasteiger partial charge in [0, 0.05) is 6.20 Å². The molecule has 0 N–H and O–H groups in total. The Morgan fingerprint density at radius 3 is 2.57 bits per heavy atom. The van der Waals surface area contributed by atoms with Crippen LogP contribution in [0.25, 0.3) is 11.3 Å². The first-order valence-electron chi connectivity index (χ1n) is 4.01. The van der Waals surface area contributed by atoms with E-state index in [2.05, 4.69) is 9.97 Å². The van der Waals surface area contributed by atoms with Crippen molar-refractivity contribution in [1.82, 2.24) is 9.97 Å². The standard InChI is InChI=1S/C10H6F2N2/c11-9-5-1-4-8(14-9)7-3-2-6-13-10(7)12/h1-6H. The van der Waals surface area contributed by atoms with Crippen molar-refractivity contribution in [2.75, 3.05) is 0 Å². The molecule has 0 aliphatic carbocycles. The highest BCUT2D eigenvalue weighted by Crippen LogP contribution is 2.18. The van der Waals surface area contributed by atoms with Gasteiger partial charge in [0.25, 0.3) is 0 Å². The molecule has 0 saturated carbocycles. The molecule has 2 nitrogen and oxygen atoms in total. The van der Waals surface area contributed by atoms with Crippen LogP contribution in [0.3, 0.4) is 0 Å². The Labute approximate surface area is 79.3 Å². The van der Waals surface area contributed by atoms with Crippen molar-refractivity contribution in [1.29, 1.82) is 0 Å². The lowest BCUT2D eigenvalue weighted by Gasteiger charge is -2.00. The normalized spacial score (nSPS) is 10.1. The van der Waals surface area contributed by atoms with E-state index in [0.717, 1.165) is 0 Å². The van der Waals surface area contributed by atoms with Crippen molar-refractivity contribution >= 4 is 0 Å². The van der Waals surface area contributed by atoms with E-state index in [0.29, 0.717) is 0 Å². The second kappa shape index (κ2) is 3.49. The van der Waals surface area contributed by atoms with Crippen molar-refractivity contribution in [2.45, 2.75) is 0 Å². The highest BCUT2D eigenvalue weighted by molar-refractivity contribution is 5.57. The SMILES string of the molecule is Fc1cccc(-c2cccnc2F)n1. The molecule has 2 heterocycles. The largest absolute Gasteiger partial charge is 0.228 e. The van der Waals surface area contributed by atoms with Crippen LogP contribution in [0, 0.1) is 11.9 Å². The summed E-state index contributed by atoms with van der Waals surface area (Å²) in [5, 5.41) is 0. The van der Waals surface area contributed by atoms with E-state index >= 15 is 0 Å². The molecule has 0 aliphatic rings. The van der Waals surface area contributed by atoms with Gasteiger partial charge in [-0.25, -0.2) is 9.97 Å². The highest BCUT2D eigenvalue weighted by Gasteiger charge is 2.06. The number of hydrogen-bond donors (Lipinski definition) is 0. The van der Waals surface area contributed by atoms with Gasteiger partial charge >= 0.3 is 0 Å². The molecule has 0 bridgehead atoms. The summed E-state index contributed by atoms with van der Waals surface area (Å²) in [5.74, 6) is -1.28. The first-order valence-corrected chi connectivity index (χ1v) is 4.01. The maximum absolute atomic E-state index is 13.1. The van der Waals surface area contributed by atoms with E-state index in [1.54, 1.807) is 6.07 Å². The van der Waals surface area contributed by atoms with Gasteiger partial charge in [-0.15, -0.1) is 0 Å². The molecule has 4 heteroatoms. The molecule has 0 fully saturated rings. The molecule has 70 valence electrons. The van der Waals surface area contributed by atoms with Gasteiger partial charge in [0.05, 0.1) is 11.3 Å². The average molecular weight is 192 g/mol. The summed E-state index contributed by atoms with van der Waals surface area (Å²) >= 11 is 0. The molecule has 14 heavy (non-hydrogen) atoms. The van der Waals surface area contributed by atoms with Crippen LogP contribution in [0.1, 0.15) is 0 Å². The molecule has 0 radical (unpaired) electrons. The van der Waals surface area contributed by atoms with Crippen LogP contribution in [-0.2, 0) is 0 Å². The van der Waals surface area contributed by atoms with Crippen LogP contribution >= 0.6 is 0 Å². The topological polar surface area (TPSA) is 25.8 Å². The van der Waals surface area contributed by atoms with Gasteiger partial charge in [-0.05, 0) is 24.3 Å². The summed E-state index contributed by atoms with van der Waals surface area (Å²) in [4.78, 5) is 7.01. The fourth-order valence-electron chi connectivity index (χ4n) is 1.14. The van der Waals surface area contributed by atoms with E-state index < -0.39 is 11.9 Å². The van der Waals surface area contributed by atoms with Crippen LogP contribution in [0.15, 0.2) is 36.5 Å². The van der Waals surface area contributed by atoms with Gasteiger partial charge in [0.15, 0.2) is 0 Å². The van der Waals surface area contributed by atoms with Crippen LogP contribution < -0.4 is 0 Å². The summed E-state index contributed by atoms with van der Waals surface area (Å²) in [7, 11) is 0. The van der Waals surface area contributed by atoms with E-state index in [1.807, 2.05) is 0 Å². The summed E-state index contributed by atoms with van der Waals surface area (Å²) < 4.78 is 25.9. The molecule has 0 spiro atoms. The third-order valence-corrected chi connectivity index (χ3v) is 1.75. The number of rotatable bonds is 1. The van der Waals surface area contributed by atoms with Crippen LogP contribution in [0.2, 0.25) is 0 Å². The molecule has 2 aromatic heterocycles. The maximum atomic E-state index is 13.1. The smallest absolute Gasteiger partial charge is 0.222 e. The van der Waals surface area contributed by atoms with E-state index in [4.69, 9.17) is 0 Å². The number of aromatic nitrogens is 2. The third kappa shape index (κ3) is 1.59. The number of halogens is 2. The zero-order valence-corrected chi connectivity index (χ0v) is 7.11. The Morgan fingerprint density at radius 2 is 1.86 bits per heavy atom. The van der Waals surface area contributed by atoms with E-state index in [9.17, 15) is 8.78 Å². The second-order valence-electron chi connectivity index (χ2n) is 2.69. The summed E-state index contributed by atoms with van der Waals surface area (Å²) in [6.07, 6.45) is 1.33. The Balaban J connectivity index is 2.55. The maximum Gasteiger partial charge on any atom is 0.222 e. The van der Waals surface area contributed by atoms with Crippen molar-refractivity contribution in [3.8, 4) is 11.3 Å². The zero-order valence-electron chi connectivity index (χ0n) is 7.11. The third-order valence-electron chi connectivity index (χ3n) is 1.75. The summed E-state index contributed by atoms with van der Waals surface area (Å²) in [6, 6.07) is 7.29. The van der Waals surface area contributed by atoms with Gasteiger partial charge in [-0.1, -0.05) is 6.07 Å². The number of hydrogen-bond acceptors (Lipinski definition) is 2. The van der Waals surface area contributed by atoms with Crippen LogP contribution in [-0.4, -0.2) is 9.97 Å². The molecule has 0 amide bonds. The molecule has 0 aromatic carbocycles. The Kier molecular flexibility index (Phi) is 2.18. The van der Waals surface area contributed by atoms with Gasteiger partial charge < -0.3 is 0 Å². The first kappa shape index (κ1) is 8.74. The van der Waals surface area contributed by atoms with Gasteiger partial charge in [-0.2, -0.15) is 8.78 Å². The van der Waals surface area contributed by atoms with Crippen molar-refractivity contribution < 1.29 is 8.78 Å². The predicted octanol–water partition coefficient (Wildman–Crippen LogP) is 2.42. The van der Waals surface area contributed by atoms with Crippen LogP contribution in [0.5, 0.6) is 0 Å². The van der Waals surface area contributed by atoms with Gasteiger partial charge in [0.2, 0.25) is 11.9 Å². The second-order valence-corrected chi connectivity index (χ2v) is 2.69. The lowest BCUT2D eigenvalue weighted by molar-refractivity contribution is 0.577. The Bertz CT molecular complexity index is 457. The Morgan fingerprint density at radius 1 is 1.00 bits per heavy atom.